The summed E-state index contributed by atoms with van der Waals surface area (Å²) < 4.78 is 49.4. The number of carbonyl (C=O) groups is 1. The standard InChI is InChI=1S/C28H27ClFNO4S/c1-18-6-4-7-23(14-18)36(33,34)31-17-22(12-10-20(3)32)35-27-13-11-21(16-26(27)31)15-19(2)28-24(29)8-5-9-25(28)30/h4-9,11,13-16,22H,10,12,17H2,1-3H3/b19-15+/t22-/m0/s1. The second-order valence-corrected chi connectivity index (χ2v) is 11.3. The molecule has 0 saturated heterocycles. The fourth-order valence-electron chi connectivity index (χ4n) is 4.26. The minimum Gasteiger partial charge on any atom is -0.486 e. The number of nitrogens with zero attached hydrogens (tertiary/aromatic N) is 1. The summed E-state index contributed by atoms with van der Waals surface area (Å²) in [6.07, 6.45) is 1.98. The van der Waals surface area contributed by atoms with Gasteiger partial charge in [-0.1, -0.05) is 41.9 Å². The van der Waals surface area contributed by atoms with E-state index in [-0.39, 0.29) is 17.2 Å². The van der Waals surface area contributed by atoms with E-state index in [1.54, 1.807) is 61.5 Å². The van der Waals surface area contributed by atoms with Crippen LogP contribution in [0.5, 0.6) is 5.75 Å². The quantitative estimate of drug-likeness (QED) is 0.322. The third-order valence-electron chi connectivity index (χ3n) is 6.05. The van der Waals surface area contributed by atoms with Crippen LogP contribution in [0.25, 0.3) is 11.6 Å². The molecule has 0 fully saturated rings. The van der Waals surface area contributed by atoms with Crippen LogP contribution in [-0.4, -0.2) is 26.8 Å². The number of aryl methyl sites for hydroxylation is 1. The zero-order chi connectivity index (χ0) is 26.0. The summed E-state index contributed by atoms with van der Waals surface area (Å²) in [6, 6.07) is 16.4. The molecule has 0 amide bonds. The van der Waals surface area contributed by atoms with Crippen molar-refractivity contribution in [2.24, 2.45) is 0 Å². The number of ether oxygens (including phenoxy) is 1. The number of ketones is 1. The molecule has 3 aromatic carbocycles. The van der Waals surface area contributed by atoms with Crippen molar-refractivity contribution in [3.63, 3.8) is 0 Å². The van der Waals surface area contributed by atoms with Crippen molar-refractivity contribution in [2.45, 2.75) is 44.6 Å². The maximum atomic E-state index is 14.4. The van der Waals surface area contributed by atoms with E-state index in [4.69, 9.17) is 16.3 Å². The molecule has 1 atom stereocenters. The molecule has 0 unspecified atom stereocenters. The molecule has 0 aliphatic carbocycles. The van der Waals surface area contributed by atoms with Crippen LogP contribution >= 0.6 is 11.6 Å². The molecule has 4 rings (SSSR count). The van der Waals surface area contributed by atoms with Crippen LogP contribution in [0, 0.1) is 12.7 Å². The van der Waals surface area contributed by atoms with Gasteiger partial charge in [-0.3, -0.25) is 4.31 Å². The van der Waals surface area contributed by atoms with Gasteiger partial charge < -0.3 is 9.53 Å². The monoisotopic (exact) mass is 527 g/mol. The minimum atomic E-state index is -3.91. The van der Waals surface area contributed by atoms with E-state index in [1.807, 2.05) is 13.0 Å². The number of hydrogen-bond donors (Lipinski definition) is 0. The number of halogens is 2. The van der Waals surface area contributed by atoms with Gasteiger partial charge >= 0.3 is 0 Å². The second kappa shape index (κ2) is 10.4. The van der Waals surface area contributed by atoms with Crippen molar-refractivity contribution in [1.29, 1.82) is 0 Å². The summed E-state index contributed by atoms with van der Waals surface area (Å²) >= 11 is 6.23. The Hall–Kier alpha value is -3.16. The highest BCUT2D eigenvalue weighted by atomic mass is 35.5. The van der Waals surface area contributed by atoms with Crippen molar-refractivity contribution in [1.82, 2.24) is 0 Å². The molecule has 0 spiro atoms. The lowest BCUT2D eigenvalue weighted by atomic mass is 10.0. The molecule has 0 aromatic heterocycles. The molecule has 1 aliphatic rings. The molecule has 1 aliphatic heterocycles. The van der Waals surface area contributed by atoms with E-state index >= 15 is 0 Å². The van der Waals surface area contributed by atoms with Crippen LogP contribution < -0.4 is 9.04 Å². The van der Waals surface area contributed by atoms with Gasteiger partial charge in [-0.2, -0.15) is 0 Å². The Morgan fingerprint density at radius 3 is 2.58 bits per heavy atom. The fraction of sp³-hybridized carbons (Fsp3) is 0.250. The summed E-state index contributed by atoms with van der Waals surface area (Å²) in [7, 11) is -3.91. The van der Waals surface area contributed by atoms with Crippen LogP contribution in [0.2, 0.25) is 5.02 Å². The van der Waals surface area contributed by atoms with E-state index in [2.05, 4.69) is 0 Å². The molecule has 0 saturated carbocycles. The highest BCUT2D eigenvalue weighted by Gasteiger charge is 2.34. The number of fused-ring (bicyclic) bond motifs is 1. The maximum Gasteiger partial charge on any atom is 0.264 e. The van der Waals surface area contributed by atoms with Gasteiger partial charge in [-0.05, 0) is 80.3 Å². The molecule has 36 heavy (non-hydrogen) atoms. The Labute approximate surface area is 216 Å². The average molecular weight is 528 g/mol. The third-order valence-corrected chi connectivity index (χ3v) is 8.14. The number of carbonyl (C=O) groups excluding carboxylic acids is 1. The summed E-state index contributed by atoms with van der Waals surface area (Å²) in [5.41, 5.74) is 2.77. The Morgan fingerprint density at radius 2 is 1.89 bits per heavy atom. The summed E-state index contributed by atoms with van der Waals surface area (Å²) in [5, 5.41) is 0.294. The number of benzene rings is 3. The molecule has 0 bridgehead atoms. The normalized spacial score (nSPS) is 15.9. The number of hydrogen-bond acceptors (Lipinski definition) is 4. The van der Waals surface area contributed by atoms with E-state index in [1.165, 1.54) is 17.3 Å². The van der Waals surface area contributed by atoms with Gasteiger partial charge in [0.2, 0.25) is 0 Å². The Balaban J connectivity index is 1.78. The summed E-state index contributed by atoms with van der Waals surface area (Å²) in [5.74, 6) is -0.0143. The van der Waals surface area contributed by atoms with Gasteiger partial charge in [-0.15, -0.1) is 0 Å². The van der Waals surface area contributed by atoms with Crippen molar-refractivity contribution in [2.75, 3.05) is 10.8 Å². The number of sulfonamides is 1. The Kier molecular flexibility index (Phi) is 7.52. The van der Waals surface area contributed by atoms with Gasteiger partial charge in [0.25, 0.3) is 10.0 Å². The summed E-state index contributed by atoms with van der Waals surface area (Å²) in [4.78, 5) is 11.7. The Morgan fingerprint density at radius 1 is 1.14 bits per heavy atom. The van der Waals surface area contributed by atoms with Crippen LogP contribution in [0.1, 0.15) is 43.4 Å². The molecule has 1 heterocycles. The van der Waals surface area contributed by atoms with E-state index in [0.29, 0.717) is 46.0 Å². The van der Waals surface area contributed by atoms with Crippen molar-refractivity contribution in [3.8, 4) is 5.75 Å². The first kappa shape index (κ1) is 25.9. The van der Waals surface area contributed by atoms with Gasteiger partial charge in [0, 0.05) is 12.0 Å². The predicted molar refractivity (Wildman–Crippen MR) is 141 cm³/mol. The molecule has 0 N–H and O–H groups in total. The van der Waals surface area contributed by atoms with Crippen molar-refractivity contribution < 1.29 is 22.3 Å². The van der Waals surface area contributed by atoms with Gasteiger partial charge in [0.05, 0.1) is 22.2 Å². The molecular weight excluding hydrogens is 501 g/mol. The van der Waals surface area contributed by atoms with E-state index in [9.17, 15) is 17.6 Å². The lowest BCUT2D eigenvalue weighted by Crippen LogP contribution is -2.43. The average Bonchev–Trinajstić information content (AvgIpc) is 2.82. The largest absolute Gasteiger partial charge is 0.486 e. The fourth-order valence-corrected chi connectivity index (χ4v) is 6.18. The lowest BCUT2D eigenvalue weighted by Gasteiger charge is -2.35. The zero-order valence-corrected chi connectivity index (χ0v) is 21.9. The van der Waals surface area contributed by atoms with E-state index < -0.39 is 21.9 Å². The van der Waals surface area contributed by atoms with Crippen molar-refractivity contribution >= 4 is 44.7 Å². The molecule has 0 radical (unpaired) electrons. The van der Waals surface area contributed by atoms with Crippen LogP contribution in [-0.2, 0) is 14.8 Å². The lowest BCUT2D eigenvalue weighted by molar-refractivity contribution is -0.117. The zero-order valence-electron chi connectivity index (χ0n) is 20.3. The van der Waals surface area contributed by atoms with Crippen LogP contribution in [0.4, 0.5) is 10.1 Å². The second-order valence-electron chi connectivity index (χ2n) is 8.98. The predicted octanol–water partition coefficient (Wildman–Crippen LogP) is 6.67. The van der Waals surface area contributed by atoms with Gasteiger partial charge in [0.1, 0.15) is 23.5 Å². The minimum absolute atomic E-state index is 0.0141. The van der Waals surface area contributed by atoms with Crippen molar-refractivity contribution in [3.05, 3.63) is 88.2 Å². The van der Waals surface area contributed by atoms with Gasteiger partial charge in [-0.25, -0.2) is 12.8 Å². The highest BCUT2D eigenvalue weighted by Crippen LogP contribution is 2.39. The van der Waals surface area contributed by atoms with Crippen LogP contribution in [0.15, 0.2) is 65.6 Å². The third kappa shape index (κ3) is 5.47. The topological polar surface area (TPSA) is 63.7 Å². The molecule has 188 valence electrons. The molecule has 8 heteroatoms. The number of allylic oxidation sites excluding steroid dienone is 1. The first-order valence-corrected chi connectivity index (χ1v) is 13.4. The SMILES string of the molecule is CC(=O)CC[C@H]1CN(S(=O)(=O)c2cccc(C)c2)c2cc(/C=C(\C)c3c(F)cccc3Cl)ccc2O1. The first-order valence-electron chi connectivity index (χ1n) is 11.6. The van der Waals surface area contributed by atoms with Crippen LogP contribution in [0.3, 0.4) is 0 Å². The maximum absolute atomic E-state index is 14.4. The first-order chi connectivity index (χ1) is 17.1. The highest BCUT2D eigenvalue weighted by molar-refractivity contribution is 7.92. The smallest absolute Gasteiger partial charge is 0.264 e. The number of rotatable bonds is 7. The number of anilines is 1. The molecular formula is C28H27ClFNO4S. The molecule has 3 aromatic rings. The summed E-state index contributed by atoms with van der Waals surface area (Å²) in [6.45, 7) is 5.16. The number of Topliss-reactive ketones (excluding diaryl/α,β-unsaturated/α-hetero) is 1. The van der Waals surface area contributed by atoms with E-state index in [0.717, 1.165) is 5.56 Å². The van der Waals surface area contributed by atoms with Gasteiger partial charge in [0.15, 0.2) is 0 Å². The Bertz CT molecular complexity index is 1430. The molecule has 5 nitrogen and oxygen atoms in total.